The Morgan fingerprint density at radius 1 is 0.548 bits per heavy atom. The second-order valence-electron chi connectivity index (χ2n) is 12.3. The monoisotopic (exact) mass is 598 g/mol. The Kier molecular flexibility index (Phi) is 31.9. The molecule has 6 nitrogen and oxygen atoms in total. The summed E-state index contributed by atoms with van der Waals surface area (Å²) in [5, 5.41) is 9.50. The maximum absolute atomic E-state index is 12.7. The van der Waals surface area contributed by atoms with Crippen molar-refractivity contribution < 1.29 is 24.2 Å². The molecule has 0 spiro atoms. The van der Waals surface area contributed by atoms with Crippen LogP contribution in [-0.4, -0.2) is 60.9 Å². The fourth-order valence-corrected chi connectivity index (χ4v) is 5.48. The van der Waals surface area contributed by atoms with Gasteiger partial charge in [0.15, 0.2) is 0 Å². The second kappa shape index (κ2) is 32.8. The molecule has 0 aliphatic carbocycles. The maximum atomic E-state index is 12.7. The van der Waals surface area contributed by atoms with Crippen LogP contribution in [0.15, 0.2) is 0 Å². The minimum atomic E-state index is -0.0603. The summed E-state index contributed by atoms with van der Waals surface area (Å²) in [5.41, 5.74) is 0. The van der Waals surface area contributed by atoms with Gasteiger partial charge >= 0.3 is 11.9 Å². The molecule has 0 aromatic rings. The van der Waals surface area contributed by atoms with E-state index in [1.54, 1.807) is 0 Å². The van der Waals surface area contributed by atoms with Gasteiger partial charge in [-0.25, -0.2) is 0 Å². The number of carbonyl (C=O) groups is 2. The molecule has 0 saturated carbocycles. The van der Waals surface area contributed by atoms with Crippen molar-refractivity contribution in [2.75, 3.05) is 32.8 Å². The molecule has 0 aromatic heterocycles. The van der Waals surface area contributed by atoms with E-state index >= 15 is 0 Å². The van der Waals surface area contributed by atoms with Crippen molar-refractivity contribution in [3.8, 4) is 0 Å². The van der Waals surface area contributed by atoms with Gasteiger partial charge in [-0.15, -0.1) is 0 Å². The zero-order chi connectivity index (χ0) is 30.9. The molecule has 0 radical (unpaired) electrons. The first-order valence-electron chi connectivity index (χ1n) is 18.3. The summed E-state index contributed by atoms with van der Waals surface area (Å²) < 4.78 is 11.3. The van der Waals surface area contributed by atoms with Crippen molar-refractivity contribution in [2.45, 2.75) is 187 Å². The smallest absolute Gasteiger partial charge is 0.306 e. The van der Waals surface area contributed by atoms with E-state index in [4.69, 9.17) is 9.47 Å². The average molecular weight is 598 g/mol. The van der Waals surface area contributed by atoms with Crippen LogP contribution in [0.2, 0.25) is 0 Å². The predicted octanol–water partition coefficient (Wildman–Crippen LogP) is 9.55. The molecule has 0 atom stereocenters. The van der Waals surface area contributed by atoms with Crippen LogP contribution in [0.3, 0.4) is 0 Å². The first-order chi connectivity index (χ1) is 20.6. The minimum Gasteiger partial charge on any atom is -0.466 e. The Hall–Kier alpha value is -1.14. The summed E-state index contributed by atoms with van der Waals surface area (Å²) >= 11 is 0. The van der Waals surface area contributed by atoms with Gasteiger partial charge in [0.1, 0.15) is 6.10 Å². The normalized spacial score (nSPS) is 11.5. The third kappa shape index (κ3) is 29.0. The van der Waals surface area contributed by atoms with Gasteiger partial charge in [-0.3, -0.25) is 9.59 Å². The number of rotatable bonds is 33. The number of aliphatic hydroxyl groups is 1. The quantitative estimate of drug-likeness (QED) is 0.0600. The number of ether oxygens (including phenoxy) is 2. The second-order valence-corrected chi connectivity index (χ2v) is 12.3. The van der Waals surface area contributed by atoms with E-state index in [9.17, 15) is 14.7 Å². The molecule has 0 fully saturated rings. The lowest BCUT2D eigenvalue weighted by molar-refractivity contribution is -0.150. The predicted molar refractivity (Wildman–Crippen MR) is 177 cm³/mol. The van der Waals surface area contributed by atoms with Crippen LogP contribution < -0.4 is 0 Å². The van der Waals surface area contributed by atoms with Crippen LogP contribution >= 0.6 is 0 Å². The van der Waals surface area contributed by atoms with E-state index in [1.807, 2.05) is 0 Å². The number of unbranched alkanes of at least 4 members (excludes halogenated alkanes) is 16. The number of esters is 2. The van der Waals surface area contributed by atoms with Crippen molar-refractivity contribution in [1.82, 2.24) is 4.90 Å². The molecule has 0 heterocycles. The lowest BCUT2D eigenvalue weighted by Gasteiger charge is -2.22. The number of carbonyl (C=O) groups excluding carboxylic acids is 2. The van der Waals surface area contributed by atoms with Crippen LogP contribution in [0.1, 0.15) is 181 Å². The summed E-state index contributed by atoms with van der Waals surface area (Å²) in [5.74, 6) is -0.111. The van der Waals surface area contributed by atoms with E-state index in [-0.39, 0.29) is 24.6 Å². The van der Waals surface area contributed by atoms with Gasteiger partial charge in [0.05, 0.1) is 13.2 Å². The SMILES string of the molecule is CCCCCCCCC(CCCCCCCC)OC(=O)CCCN(CCO)CCCCCCCC(=O)OCCCCC. The highest BCUT2D eigenvalue weighted by atomic mass is 16.5. The zero-order valence-corrected chi connectivity index (χ0v) is 28.3. The van der Waals surface area contributed by atoms with E-state index in [0.29, 0.717) is 26.0 Å². The number of aliphatic hydroxyl groups excluding tert-OH is 1. The summed E-state index contributed by atoms with van der Waals surface area (Å²) in [6.45, 7) is 9.75. The van der Waals surface area contributed by atoms with Gasteiger partial charge in [0.25, 0.3) is 0 Å². The van der Waals surface area contributed by atoms with Crippen molar-refractivity contribution in [1.29, 1.82) is 0 Å². The molecule has 0 unspecified atom stereocenters. The largest absolute Gasteiger partial charge is 0.466 e. The van der Waals surface area contributed by atoms with E-state index in [2.05, 4.69) is 25.7 Å². The molecule has 0 rings (SSSR count). The molecule has 42 heavy (non-hydrogen) atoms. The van der Waals surface area contributed by atoms with Gasteiger partial charge in [-0.2, -0.15) is 0 Å². The Labute approximate surface area is 261 Å². The third-order valence-corrected chi connectivity index (χ3v) is 8.20. The molecular weight excluding hydrogens is 526 g/mol. The number of nitrogens with zero attached hydrogens (tertiary/aromatic N) is 1. The number of hydrogen-bond acceptors (Lipinski definition) is 6. The fourth-order valence-electron chi connectivity index (χ4n) is 5.48. The molecular formula is C36H71NO5. The van der Waals surface area contributed by atoms with E-state index in [1.165, 1.54) is 64.2 Å². The molecule has 1 N–H and O–H groups in total. The standard InChI is InChI=1S/C36H71NO5/c1-4-7-10-12-15-19-25-34(26-20-16-13-11-8-5-2)42-36(40)28-24-30-37(31-32-38)29-22-18-14-17-21-27-35(39)41-33-23-9-6-3/h34,38H,4-33H2,1-3H3. The fraction of sp³-hybridized carbons (Fsp3) is 0.944. The van der Waals surface area contributed by atoms with E-state index < -0.39 is 0 Å². The van der Waals surface area contributed by atoms with Crippen LogP contribution in [0, 0.1) is 0 Å². The third-order valence-electron chi connectivity index (χ3n) is 8.20. The minimum absolute atomic E-state index is 0.0511. The number of hydrogen-bond donors (Lipinski definition) is 1. The summed E-state index contributed by atoms with van der Waals surface area (Å²) in [6.07, 6.45) is 27.5. The molecule has 6 heteroatoms. The van der Waals surface area contributed by atoms with Crippen LogP contribution in [0.4, 0.5) is 0 Å². The Bertz CT molecular complexity index is 569. The van der Waals surface area contributed by atoms with Gasteiger partial charge in [-0.1, -0.05) is 117 Å². The summed E-state index contributed by atoms with van der Waals surface area (Å²) in [7, 11) is 0. The lowest BCUT2D eigenvalue weighted by Crippen LogP contribution is -2.29. The van der Waals surface area contributed by atoms with Gasteiger partial charge in [0, 0.05) is 19.4 Å². The van der Waals surface area contributed by atoms with Crippen molar-refractivity contribution >= 4 is 11.9 Å². The van der Waals surface area contributed by atoms with Gasteiger partial charge in [-0.05, 0) is 64.5 Å². The van der Waals surface area contributed by atoms with Crippen molar-refractivity contribution in [3.63, 3.8) is 0 Å². The Morgan fingerprint density at radius 3 is 1.62 bits per heavy atom. The highest BCUT2D eigenvalue weighted by Crippen LogP contribution is 2.18. The average Bonchev–Trinajstić information content (AvgIpc) is 2.98. The summed E-state index contributed by atoms with van der Waals surface area (Å²) in [6, 6.07) is 0. The first kappa shape index (κ1) is 40.9. The van der Waals surface area contributed by atoms with Crippen LogP contribution in [0.25, 0.3) is 0 Å². The Balaban J connectivity index is 4.18. The Morgan fingerprint density at radius 2 is 1.02 bits per heavy atom. The molecule has 250 valence electrons. The van der Waals surface area contributed by atoms with Crippen molar-refractivity contribution in [3.05, 3.63) is 0 Å². The van der Waals surface area contributed by atoms with Crippen LogP contribution in [0.5, 0.6) is 0 Å². The lowest BCUT2D eigenvalue weighted by atomic mass is 10.0. The van der Waals surface area contributed by atoms with Crippen molar-refractivity contribution in [2.24, 2.45) is 0 Å². The van der Waals surface area contributed by atoms with E-state index in [0.717, 1.165) is 96.6 Å². The molecule has 0 saturated heterocycles. The zero-order valence-electron chi connectivity index (χ0n) is 28.3. The highest BCUT2D eigenvalue weighted by molar-refractivity contribution is 5.69. The molecule has 0 aromatic carbocycles. The van der Waals surface area contributed by atoms with Crippen LogP contribution in [-0.2, 0) is 19.1 Å². The molecule has 0 aliphatic rings. The topological polar surface area (TPSA) is 76.1 Å². The maximum Gasteiger partial charge on any atom is 0.306 e. The summed E-state index contributed by atoms with van der Waals surface area (Å²) in [4.78, 5) is 26.7. The molecule has 0 amide bonds. The highest BCUT2D eigenvalue weighted by Gasteiger charge is 2.15. The van der Waals surface area contributed by atoms with Gasteiger partial charge < -0.3 is 19.5 Å². The molecule has 0 bridgehead atoms. The molecule has 0 aliphatic heterocycles. The van der Waals surface area contributed by atoms with Gasteiger partial charge in [0.2, 0.25) is 0 Å². The first-order valence-corrected chi connectivity index (χ1v) is 18.3.